The van der Waals surface area contributed by atoms with Gasteiger partial charge in [0.1, 0.15) is 0 Å². The van der Waals surface area contributed by atoms with Crippen LogP contribution in [0.5, 0.6) is 0 Å². The molecular weight excluding hydrogens is 361 g/mol. The van der Waals surface area contributed by atoms with Gasteiger partial charge < -0.3 is 10.1 Å². The molecule has 0 aliphatic carbocycles. The summed E-state index contributed by atoms with van der Waals surface area (Å²) in [5.74, 6) is -0.703. The summed E-state index contributed by atoms with van der Waals surface area (Å²) in [7, 11) is 0. The van der Waals surface area contributed by atoms with Crippen LogP contribution in [0.3, 0.4) is 0 Å². The van der Waals surface area contributed by atoms with Crippen molar-refractivity contribution in [2.24, 2.45) is 0 Å². The molecule has 0 unspecified atom stereocenters. The van der Waals surface area contributed by atoms with Crippen LogP contribution >= 0.6 is 23.2 Å². The lowest BCUT2D eigenvalue weighted by Gasteiger charge is -2.08. The molecule has 0 fully saturated rings. The second kappa shape index (κ2) is 10.1. The summed E-state index contributed by atoms with van der Waals surface area (Å²) in [5.41, 5.74) is 1.63. The molecule has 2 aromatic carbocycles. The van der Waals surface area contributed by atoms with E-state index >= 15 is 0 Å². The first-order valence-electron chi connectivity index (χ1n) is 7.99. The number of anilines is 1. The first-order valence-corrected chi connectivity index (χ1v) is 8.74. The molecule has 6 heteroatoms. The zero-order valence-electron chi connectivity index (χ0n) is 13.6. The topological polar surface area (TPSA) is 55.4 Å². The normalized spacial score (nSPS) is 10.3. The van der Waals surface area contributed by atoms with Crippen molar-refractivity contribution in [1.29, 1.82) is 0 Å². The Kier molecular flexibility index (Phi) is 7.76. The molecule has 0 radical (unpaired) electrons. The molecular formula is C19H19Cl2NO3. The number of halogens is 2. The Morgan fingerprint density at radius 1 is 1.00 bits per heavy atom. The second-order valence-corrected chi connectivity index (χ2v) is 6.33. The van der Waals surface area contributed by atoms with E-state index in [9.17, 15) is 9.59 Å². The number of amides is 1. The smallest absolute Gasteiger partial charge is 0.306 e. The predicted octanol–water partition coefficient (Wildman–Crippen LogP) is 4.89. The third-order valence-electron chi connectivity index (χ3n) is 3.47. The lowest BCUT2D eigenvalue weighted by molar-refractivity contribution is -0.144. The molecule has 0 aromatic heterocycles. The molecule has 2 rings (SSSR count). The van der Waals surface area contributed by atoms with E-state index in [-0.39, 0.29) is 24.7 Å². The Balaban J connectivity index is 1.64. The molecule has 0 aliphatic heterocycles. The van der Waals surface area contributed by atoms with Gasteiger partial charge in [-0.05, 0) is 36.6 Å². The standard InChI is InChI=1S/C19H19Cl2NO3/c20-15-8-9-16(21)17(13-15)22-18(23)10-11-19(24)25-12-4-7-14-5-2-1-3-6-14/h1-3,5-6,8-9,13H,4,7,10-12H2,(H,22,23). The Labute approximate surface area is 157 Å². The molecule has 1 amide bonds. The zero-order valence-corrected chi connectivity index (χ0v) is 15.1. The maximum Gasteiger partial charge on any atom is 0.306 e. The molecule has 0 atom stereocenters. The van der Waals surface area contributed by atoms with Crippen LogP contribution in [0.25, 0.3) is 0 Å². The number of carbonyl (C=O) groups is 2. The van der Waals surface area contributed by atoms with E-state index in [4.69, 9.17) is 27.9 Å². The van der Waals surface area contributed by atoms with Crippen LogP contribution in [-0.4, -0.2) is 18.5 Å². The minimum atomic E-state index is -0.389. The first-order chi connectivity index (χ1) is 12.0. The number of hydrogen-bond donors (Lipinski definition) is 1. The zero-order chi connectivity index (χ0) is 18.1. The predicted molar refractivity (Wildman–Crippen MR) is 100 cm³/mol. The summed E-state index contributed by atoms with van der Waals surface area (Å²) in [6.45, 7) is 0.343. The van der Waals surface area contributed by atoms with Crippen molar-refractivity contribution in [3.05, 3.63) is 64.1 Å². The van der Waals surface area contributed by atoms with Gasteiger partial charge in [0.2, 0.25) is 5.91 Å². The molecule has 132 valence electrons. The van der Waals surface area contributed by atoms with Crippen LogP contribution in [-0.2, 0) is 20.7 Å². The highest BCUT2D eigenvalue weighted by molar-refractivity contribution is 6.35. The average molecular weight is 380 g/mol. The summed E-state index contributed by atoms with van der Waals surface area (Å²) in [5, 5.41) is 3.49. The monoisotopic (exact) mass is 379 g/mol. The molecule has 0 heterocycles. The number of ether oxygens (including phenoxy) is 1. The summed E-state index contributed by atoms with van der Waals surface area (Å²) in [6, 6.07) is 14.8. The fourth-order valence-electron chi connectivity index (χ4n) is 2.20. The molecule has 4 nitrogen and oxygen atoms in total. The number of aryl methyl sites for hydroxylation is 1. The third kappa shape index (κ3) is 7.16. The van der Waals surface area contributed by atoms with Crippen molar-refractivity contribution < 1.29 is 14.3 Å². The van der Waals surface area contributed by atoms with Crippen LogP contribution in [0.1, 0.15) is 24.8 Å². The summed E-state index contributed by atoms with van der Waals surface area (Å²) >= 11 is 11.8. The van der Waals surface area contributed by atoms with Gasteiger partial charge in [0.05, 0.1) is 23.7 Å². The molecule has 25 heavy (non-hydrogen) atoms. The van der Waals surface area contributed by atoms with Crippen molar-refractivity contribution in [2.75, 3.05) is 11.9 Å². The van der Waals surface area contributed by atoms with Gasteiger partial charge in [0, 0.05) is 11.4 Å². The Bertz CT molecular complexity index is 720. The second-order valence-electron chi connectivity index (χ2n) is 5.48. The minimum Gasteiger partial charge on any atom is -0.466 e. The van der Waals surface area contributed by atoms with Crippen molar-refractivity contribution in [3.8, 4) is 0 Å². The number of esters is 1. The van der Waals surface area contributed by atoms with Crippen molar-refractivity contribution in [3.63, 3.8) is 0 Å². The molecule has 0 saturated carbocycles. The maximum atomic E-state index is 11.9. The van der Waals surface area contributed by atoms with Crippen LogP contribution < -0.4 is 5.32 Å². The van der Waals surface area contributed by atoms with Gasteiger partial charge in [-0.3, -0.25) is 9.59 Å². The van der Waals surface area contributed by atoms with Crippen LogP contribution in [0.15, 0.2) is 48.5 Å². The maximum absolute atomic E-state index is 11.9. The Morgan fingerprint density at radius 3 is 2.52 bits per heavy atom. The fourth-order valence-corrected chi connectivity index (χ4v) is 2.54. The van der Waals surface area contributed by atoms with Crippen LogP contribution in [0.4, 0.5) is 5.69 Å². The largest absolute Gasteiger partial charge is 0.466 e. The lowest BCUT2D eigenvalue weighted by Crippen LogP contribution is -2.15. The quantitative estimate of drug-likeness (QED) is 0.524. The van der Waals surface area contributed by atoms with Gasteiger partial charge >= 0.3 is 5.97 Å². The van der Waals surface area contributed by atoms with Gasteiger partial charge in [-0.1, -0.05) is 53.5 Å². The van der Waals surface area contributed by atoms with Gasteiger partial charge in [-0.25, -0.2) is 0 Å². The summed E-state index contributed by atoms with van der Waals surface area (Å²) in [4.78, 5) is 23.6. The van der Waals surface area contributed by atoms with Gasteiger partial charge in [0.25, 0.3) is 0 Å². The highest BCUT2D eigenvalue weighted by Crippen LogP contribution is 2.25. The number of hydrogen-bond acceptors (Lipinski definition) is 3. The van der Waals surface area contributed by atoms with E-state index in [1.807, 2.05) is 30.3 Å². The number of nitrogens with one attached hydrogen (secondary N) is 1. The fraction of sp³-hybridized carbons (Fsp3) is 0.263. The molecule has 0 spiro atoms. The molecule has 0 bridgehead atoms. The highest BCUT2D eigenvalue weighted by Gasteiger charge is 2.10. The van der Waals surface area contributed by atoms with Gasteiger partial charge in [-0.15, -0.1) is 0 Å². The number of benzene rings is 2. The van der Waals surface area contributed by atoms with E-state index < -0.39 is 0 Å². The third-order valence-corrected chi connectivity index (χ3v) is 4.04. The highest BCUT2D eigenvalue weighted by atomic mass is 35.5. The van der Waals surface area contributed by atoms with Gasteiger partial charge in [0.15, 0.2) is 0 Å². The van der Waals surface area contributed by atoms with E-state index in [1.54, 1.807) is 18.2 Å². The number of carbonyl (C=O) groups excluding carboxylic acids is 2. The van der Waals surface area contributed by atoms with E-state index in [0.29, 0.717) is 22.3 Å². The van der Waals surface area contributed by atoms with E-state index in [1.165, 1.54) is 5.56 Å². The Morgan fingerprint density at radius 2 is 1.76 bits per heavy atom. The van der Waals surface area contributed by atoms with Gasteiger partial charge in [-0.2, -0.15) is 0 Å². The summed E-state index contributed by atoms with van der Waals surface area (Å²) < 4.78 is 5.14. The van der Waals surface area contributed by atoms with Crippen molar-refractivity contribution >= 4 is 40.8 Å². The first kappa shape index (κ1) is 19.3. The van der Waals surface area contributed by atoms with Crippen molar-refractivity contribution in [1.82, 2.24) is 0 Å². The molecule has 0 saturated heterocycles. The number of rotatable bonds is 8. The van der Waals surface area contributed by atoms with Crippen LogP contribution in [0.2, 0.25) is 10.0 Å². The molecule has 1 N–H and O–H groups in total. The SMILES string of the molecule is O=C(CCC(=O)OCCCc1ccccc1)Nc1cc(Cl)ccc1Cl. The Hall–Kier alpha value is -2.04. The summed E-state index contributed by atoms with van der Waals surface area (Å²) in [6.07, 6.45) is 1.65. The van der Waals surface area contributed by atoms with Crippen molar-refractivity contribution in [2.45, 2.75) is 25.7 Å². The molecule has 2 aromatic rings. The lowest BCUT2D eigenvalue weighted by atomic mass is 10.1. The average Bonchev–Trinajstić information content (AvgIpc) is 2.61. The van der Waals surface area contributed by atoms with Crippen LogP contribution in [0, 0.1) is 0 Å². The minimum absolute atomic E-state index is 0.0232. The van der Waals surface area contributed by atoms with E-state index in [2.05, 4.69) is 5.32 Å². The molecule has 0 aliphatic rings. The van der Waals surface area contributed by atoms with E-state index in [0.717, 1.165) is 12.8 Å².